The van der Waals surface area contributed by atoms with Crippen LogP contribution in [-0.2, 0) is 13.6 Å². The molecular formula is C16H24N4O3. The van der Waals surface area contributed by atoms with Gasteiger partial charge in [0.15, 0.2) is 11.3 Å². The van der Waals surface area contributed by atoms with E-state index in [-0.39, 0.29) is 16.8 Å². The third-order valence-electron chi connectivity index (χ3n) is 3.47. The summed E-state index contributed by atoms with van der Waals surface area (Å²) in [5.74, 6) is -0.946. The summed E-state index contributed by atoms with van der Waals surface area (Å²) in [5.41, 5.74) is -0.443. The van der Waals surface area contributed by atoms with Crippen molar-refractivity contribution in [3.05, 3.63) is 22.1 Å². The normalized spacial score (nSPS) is 11.9. The Morgan fingerprint density at radius 2 is 2.04 bits per heavy atom. The molecule has 0 aliphatic carbocycles. The standard InChI is InChI=1S/C16H24N4O3/c1-6-7-8-20-10-9-19(5)18-12(10)13(21)11(15(20)23)14(22)17-16(2,3)4/h9,21H,6-8H2,1-5H3,(H,17,22). The van der Waals surface area contributed by atoms with Crippen LogP contribution in [0.5, 0.6) is 5.75 Å². The first-order valence-electron chi connectivity index (χ1n) is 7.77. The molecule has 0 aliphatic heterocycles. The lowest BCUT2D eigenvalue weighted by Gasteiger charge is -2.21. The summed E-state index contributed by atoms with van der Waals surface area (Å²) in [5, 5.41) is 17.3. The lowest BCUT2D eigenvalue weighted by Crippen LogP contribution is -2.43. The van der Waals surface area contributed by atoms with E-state index >= 15 is 0 Å². The van der Waals surface area contributed by atoms with Gasteiger partial charge in [0.1, 0.15) is 5.56 Å². The zero-order valence-electron chi connectivity index (χ0n) is 14.3. The maximum absolute atomic E-state index is 12.8. The molecule has 0 unspecified atom stereocenters. The number of aryl methyl sites for hydroxylation is 2. The molecule has 2 N–H and O–H groups in total. The van der Waals surface area contributed by atoms with Gasteiger partial charge in [-0.15, -0.1) is 0 Å². The third kappa shape index (κ3) is 3.38. The van der Waals surface area contributed by atoms with E-state index in [4.69, 9.17) is 0 Å². The highest BCUT2D eigenvalue weighted by molar-refractivity contribution is 6.01. The topological polar surface area (TPSA) is 89.2 Å². The van der Waals surface area contributed by atoms with E-state index in [0.29, 0.717) is 12.1 Å². The SMILES string of the molecule is CCCCn1c(=O)c(C(=O)NC(C)(C)C)c(O)c2nn(C)cc21. The number of pyridine rings is 1. The summed E-state index contributed by atoms with van der Waals surface area (Å²) in [7, 11) is 1.71. The molecule has 0 saturated heterocycles. The van der Waals surface area contributed by atoms with Gasteiger partial charge in [-0.3, -0.25) is 14.3 Å². The maximum Gasteiger partial charge on any atom is 0.267 e. The first-order chi connectivity index (χ1) is 10.7. The average molecular weight is 320 g/mol. The second kappa shape index (κ2) is 6.06. The summed E-state index contributed by atoms with van der Waals surface area (Å²) < 4.78 is 3.04. The molecule has 23 heavy (non-hydrogen) atoms. The number of nitrogens with one attached hydrogen (secondary N) is 1. The van der Waals surface area contributed by atoms with Crippen LogP contribution in [0.3, 0.4) is 0 Å². The van der Waals surface area contributed by atoms with Crippen LogP contribution in [0.15, 0.2) is 11.0 Å². The van der Waals surface area contributed by atoms with Gasteiger partial charge >= 0.3 is 0 Å². The zero-order valence-corrected chi connectivity index (χ0v) is 14.3. The second-order valence-electron chi connectivity index (χ2n) is 6.77. The number of carbonyl (C=O) groups excluding carboxylic acids is 1. The van der Waals surface area contributed by atoms with Gasteiger partial charge < -0.3 is 15.0 Å². The number of hydrogen-bond acceptors (Lipinski definition) is 4. The molecule has 126 valence electrons. The van der Waals surface area contributed by atoms with Crippen molar-refractivity contribution in [3.63, 3.8) is 0 Å². The van der Waals surface area contributed by atoms with Gasteiger partial charge in [0.05, 0.1) is 5.52 Å². The molecule has 2 heterocycles. The zero-order chi connectivity index (χ0) is 17.4. The van der Waals surface area contributed by atoms with Gasteiger partial charge in [0.25, 0.3) is 11.5 Å². The largest absolute Gasteiger partial charge is 0.505 e. The van der Waals surface area contributed by atoms with Crippen molar-refractivity contribution in [2.75, 3.05) is 0 Å². The van der Waals surface area contributed by atoms with Crippen LogP contribution in [0, 0.1) is 0 Å². The van der Waals surface area contributed by atoms with E-state index in [9.17, 15) is 14.7 Å². The highest BCUT2D eigenvalue weighted by atomic mass is 16.3. The van der Waals surface area contributed by atoms with Gasteiger partial charge in [0, 0.05) is 25.3 Å². The quantitative estimate of drug-likeness (QED) is 0.898. The second-order valence-corrected chi connectivity index (χ2v) is 6.77. The number of rotatable bonds is 4. The molecule has 0 bridgehead atoms. The van der Waals surface area contributed by atoms with E-state index in [0.717, 1.165) is 12.8 Å². The molecule has 0 aliphatic rings. The molecule has 2 aromatic heterocycles. The fourth-order valence-electron chi connectivity index (χ4n) is 2.45. The number of nitrogens with zero attached hydrogens (tertiary/aromatic N) is 3. The number of aromatic hydroxyl groups is 1. The summed E-state index contributed by atoms with van der Waals surface area (Å²) in [6, 6.07) is 0. The summed E-state index contributed by atoms with van der Waals surface area (Å²) in [4.78, 5) is 25.2. The Balaban J connectivity index is 2.69. The van der Waals surface area contributed by atoms with Crippen LogP contribution in [-0.4, -0.2) is 30.9 Å². The van der Waals surface area contributed by atoms with Crippen molar-refractivity contribution in [3.8, 4) is 5.75 Å². The summed E-state index contributed by atoms with van der Waals surface area (Å²) in [6.07, 6.45) is 3.39. The van der Waals surface area contributed by atoms with Crippen molar-refractivity contribution < 1.29 is 9.90 Å². The number of unbranched alkanes of at least 4 members (excludes halogenated alkanes) is 1. The maximum atomic E-state index is 12.8. The number of aromatic nitrogens is 3. The Kier molecular flexibility index (Phi) is 4.49. The molecule has 7 nitrogen and oxygen atoms in total. The van der Waals surface area contributed by atoms with E-state index in [2.05, 4.69) is 10.4 Å². The fraction of sp³-hybridized carbons (Fsp3) is 0.562. The Hall–Kier alpha value is -2.31. The van der Waals surface area contributed by atoms with Crippen LogP contribution in [0.4, 0.5) is 0 Å². The van der Waals surface area contributed by atoms with Crippen molar-refractivity contribution >= 4 is 16.9 Å². The van der Waals surface area contributed by atoms with Crippen LogP contribution >= 0.6 is 0 Å². The predicted octanol–water partition coefficient (Wildman–Crippen LogP) is 1.77. The van der Waals surface area contributed by atoms with E-state index < -0.39 is 17.0 Å². The molecule has 2 rings (SSSR count). The molecule has 7 heteroatoms. The molecule has 1 amide bonds. The molecule has 2 aromatic rings. The van der Waals surface area contributed by atoms with Crippen molar-refractivity contribution in [1.82, 2.24) is 19.7 Å². The van der Waals surface area contributed by atoms with Crippen LogP contribution in [0.1, 0.15) is 50.9 Å². The number of fused-ring (bicyclic) bond motifs is 1. The number of hydrogen-bond donors (Lipinski definition) is 2. The van der Waals surface area contributed by atoms with E-state index in [1.165, 1.54) is 9.25 Å². The van der Waals surface area contributed by atoms with Gasteiger partial charge in [-0.05, 0) is 27.2 Å². The van der Waals surface area contributed by atoms with E-state index in [1.807, 2.05) is 27.7 Å². The van der Waals surface area contributed by atoms with Gasteiger partial charge in [0.2, 0.25) is 0 Å². The smallest absolute Gasteiger partial charge is 0.267 e. The third-order valence-corrected chi connectivity index (χ3v) is 3.47. The Morgan fingerprint density at radius 3 is 2.61 bits per heavy atom. The summed E-state index contributed by atoms with van der Waals surface area (Å²) >= 11 is 0. The minimum atomic E-state index is -0.585. The first kappa shape index (κ1) is 17.1. The van der Waals surface area contributed by atoms with E-state index in [1.54, 1.807) is 13.2 Å². The minimum Gasteiger partial charge on any atom is -0.505 e. The van der Waals surface area contributed by atoms with Crippen LogP contribution in [0.25, 0.3) is 11.0 Å². The van der Waals surface area contributed by atoms with Crippen molar-refractivity contribution in [2.45, 2.75) is 52.6 Å². The van der Waals surface area contributed by atoms with Crippen LogP contribution in [0.2, 0.25) is 0 Å². The number of amides is 1. The lowest BCUT2D eigenvalue weighted by molar-refractivity contribution is 0.0915. The highest BCUT2D eigenvalue weighted by Gasteiger charge is 2.26. The fourth-order valence-corrected chi connectivity index (χ4v) is 2.45. The molecule has 0 saturated carbocycles. The monoisotopic (exact) mass is 320 g/mol. The van der Waals surface area contributed by atoms with Gasteiger partial charge in [-0.25, -0.2) is 0 Å². The molecule has 0 spiro atoms. The average Bonchev–Trinajstić information content (AvgIpc) is 2.78. The van der Waals surface area contributed by atoms with Crippen molar-refractivity contribution in [1.29, 1.82) is 0 Å². The molecule has 0 aromatic carbocycles. The highest BCUT2D eigenvalue weighted by Crippen LogP contribution is 2.25. The molecule has 0 radical (unpaired) electrons. The first-order valence-corrected chi connectivity index (χ1v) is 7.77. The minimum absolute atomic E-state index is 0.248. The predicted molar refractivity (Wildman–Crippen MR) is 88.8 cm³/mol. The van der Waals surface area contributed by atoms with Gasteiger partial charge in [-0.1, -0.05) is 13.3 Å². The molecule has 0 fully saturated rings. The Labute approximate surface area is 134 Å². The Bertz CT molecular complexity index is 796. The molecule has 0 atom stereocenters. The van der Waals surface area contributed by atoms with Crippen molar-refractivity contribution in [2.24, 2.45) is 7.05 Å². The number of carbonyl (C=O) groups is 1. The summed E-state index contributed by atoms with van der Waals surface area (Å²) in [6.45, 7) is 7.96. The van der Waals surface area contributed by atoms with Crippen LogP contribution < -0.4 is 10.9 Å². The lowest BCUT2D eigenvalue weighted by atomic mass is 10.1. The van der Waals surface area contributed by atoms with Gasteiger partial charge in [-0.2, -0.15) is 5.10 Å². The Morgan fingerprint density at radius 1 is 1.39 bits per heavy atom. The molecular weight excluding hydrogens is 296 g/mol.